The Bertz CT molecular complexity index is 1120. The summed E-state index contributed by atoms with van der Waals surface area (Å²) < 4.78 is 33.0. The van der Waals surface area contributed by atoms with Crippen LogP contribution in [0.5, 0.6) is 0 Å². The maximum atomic E-state index is 12.9. The summed E-state index contributed by atoms with van der Waals surface area (Å²) in [6.45, 7) is 1.68. The lowest BCUT2D eigenvalue weighted by Crippen LogP contribution is -2.32. The van der Waals surface area contributed by atoms with Gasteiger partial charge >= 0.3 is 5.97 Å². The Hall–Kier alpha value is -2.79. The van der Waals surface area contributed by atoms with Crippen molar-refractivity contribution in [3.8, 4) is 0 Å². The van der Waals surface area contributed by atoms with Crippen LogP contribution in [0, 0.1) is 0 Å². The Morgan fingerprint density at radius 3 is 2.43 bits per heavy atom. The maximum Gasteiger partial charge on any atom is 0.335 e. The van der Waals surface area contributed by atoms with E-state index < -0.39 is 16.0 Å². The summed E-state index contributed by atoms with van der Waals surface area (Å²) in [6.07, 6.45) is 0. The molecule has 0 saturated carbocycles. The first-order chi connectivity index (χ1) is 13.5. The number of hydrogen-bond acceptors (Lipinski definition) is 8. The predicted molar refractivity (Wildman–Crippen MR) is 106 cm³/mol. The second-order valence-corrected chi connectivity index (χ2v) is 9.01. The van der Waals surface area contributed by atoms with Gasteiger partial charge in [-0.1, -0.05) is 0 Å². The summed E-state index contributed by atoms with van der Waals surface area (Å²) in [6, 6.07) is 8.62. The van der Waals surface area contributed by atoms with Crippen molar-refractivity contribution in [1.29, 1.82) is 0 Å². The van der Waals surface area contributed by atoms with Gasteiger partial charge in [0.15, 0.2) is 11.0 Å². The lowest BCUT2D eigenvalue weighted by molar-refractivity contribution is 0.0697. The number of aromatic carboxylic acids is 1. The Kier molecular flexibility index (Phi) is 4.85. The smallest absolute Gasteiger partial charge is 0.335 e. The molecular formula is C17H16N4O5S2. The Balaban J connectivity index is 1.68. The van der Waals surface area contributed by atoms with E-state index in [1.54, 1.807) is 6.07 Å². The highest BCUT2D eigenvalue weighted by molar-refractivity contribution is 7.99. The number of aromatic nitrogens is 2. The van der Waals surface area contributed by atoms with Gasteiger partial charge in [-0.05, 0) is 46.7 Å². The number of carbonyl (C=O) groups is 1. The predicted octanol–water partition coefficient (Wildman–Crippen LogP) is 2.28. The number of hydrogen-bond donors (Lipinski definition) is 2. The normalized spacial score (nSPS) is 14.9. The first kappa shape index (κ1) is 18.6. The van der Waals surface area contributed by atoms with E-state index in [1.165, 1.54) is 30.3 Å². The summed E-state index contributed by atoms with van der Waals surface area (Å²) >= 11 is 1.87. The van der Waals surface area contributed by atoms with Crippen molar-refractivity contribution in [2.45, 2.75) is 4.90 Å². The van der Waals surface area contributed by atoms with E-state index in [2.05, 4.69) is 19.9 Å². The standard InChI is InChI=1S/C17H16N4O5S2/c22-17(23)11-1-3-12(4-2-11)20-28(24,25)14-6-5-13(15-16(14)19-26-18-15)21-7-9-27-10-8-21/h1-6,20H,7-10H2,(H,22,23). The van der Waals surface area contributed by atoms with Gasteiger partial charge in [-0.2, -0.15) is 11.8 Å². The average molecular weight is 420 g/mol. The van der Waals surface area contributed by atoms with Crippen molar-refractivity contribution in [1.82, 2.24) is 10.3 Å². The second kappa shape index (κ2) is 7.32. The van der Waals surface area contributed by atoms with Crippen molar-refractivity contribution >= 4 is 50.2 Å². The molecule has 0 unspecified atom stereocenters. The number of thioether (sulfide) groups is 1. The monoisotopic (exact) mass is 420 g/mol. The van der Waals surface area contributed by atoms with Crippen LogP contribution >= 0.6 is 11.8 Å². The number of nitrogens with zero attached hydrogens (tertiary/aromatic N) is 3. The minimum absolute atomic E-state index is 0.0544. The van der Waals surface area contributed by atoms with E-state index in [0.717, 1.165) is 30.3 Å². The molecule has 9 nitrogen and oxygen atoms in total. The molecule has 1 aliphatic heterocycles. The number of carboxylic acids is 1. The molecule has 1 aromatic heterocycles. The van der Waals surface area contributed by atoms with Crippen LogP contribution in [0.4, 0.5) is 11.4 Å². The molecule has 0 radical (unpaired) electrons. The average Bonchev–Trinajstić information content (AvgIpc) is 3.17. The SMILES string of the molecule is O=C(O)c1ccc(NS(=O)(=O)c2ccc(N3CCSCC3)c3nonc23)cc1. The van der Waals surface area contributed by atoms with Crippen LogP contribution in [-0.2, 0) is 10.0 Å². The molecule has 0 spiro atoms. The second-order valence-electron chi connectivity index (χ2n) is 6.13. The Morgan fingerprint density at radius 1 is 1.07 bits per heavy atom. The van der Waals surface area contributed by atoms with E-state index in [0.29, 0.717) is 5.52 Å². The van der Waals surface area contributed by atoms with Gasteiger partial charge in [-0.3, -0.25) is 4.72 Å². The van der Waals surface area contributed by atoms with Gasteiger partial charge in [-0.15, -0.1) is 0 Å². The summed E-state index contributed by atoms with van der Waals surface area (Å²) in [4.78, 5) is 13.0. The summed E-state index contributed by atoms with van der Waals surface area (Å²) in [5, 5.41) is 16.7. The van der Waals surface area contributed by atoms with Gasteiger partial charge in [0.2, 0.25) is 0 Å². The van der Waals surface area contributed by atoms with Gasteiger partial charge in [0.1, 0.15) is 4.90 Å². The number of rotatable bonds is 5. The Morgan fingerprint density at radius 2 is 1.75 bits per heavy atom. The van der Waals surface area contributed by atoms with E-state index in [-0.39, 0.29) is 21.7 Å². The molecule has 0 atom stereocenters. The largest absolute Gasteiger partial charge is 0.478 e. The quantitative estimate of drug-likeness (QED) is 0.639. The number of anilines is 2. The van der Waals surface area contributed by atoms with Crippen LogP contribution in [0.3, 0.4) is 0 Å². The zero-order valence-electron chi connectivity index (χ0n) is 14.5. The van der Waals surface area contributed by atoms with Crippen LogP contribution in [0.15, 0.2) is 45.9 Å². The molecule has 2 heterocycles. The highest BCUT2D eigenvalue weighted by Gasteiger charge is 2.25. The molecule has 3 aromatic rings. The van der Waals surface area contributed by atoms with Gasteiger partial charge in [0.05, 0.1) is 11.3 Å². The number of nitrogens with one attached hydrogen (secondary N) is 1. The minimum atomic E-state index is -3.97. The number of benzene rings is 2. The van der Waals surface area contributed by atoms with E-state index in [1.807, 2.05) is 11.8 Å². The molecule has 4 rings (SSSR count). The molecule has 1 aliphatic rings. The third-order valence-corrected chi connectivity index (χ3v) is 6.74. The third kappa shape index (κ3) is 3.50. The van der Waals surface area contributed by atoms with Crippen LogP contribution in [0.1, 0.15) is 10.4 Å². The lowest BCUT2D eigenvalue weighted by atomic mass is 10.2. The van der Waals surface area contributed by atoms with Gasteiger partial charge in [0.25, 0.3) is 10.0 Å². The van der Waals surface area contributed by atoms with E-state index in [9.17, 15) is 13.2 Å². The summed E-state index contributed by atoms with van der Waals surface area (Å²) in [5.41, 5.74) is 1.66. The molecule has 146 valence electrons. The van der Waals surface area contributed by atoms with Gasteiger partial charge < -0.3 is 10.0 Å². The first-order valence-electron chi connectivity index (χ1n) is 8.40. The first-order valence-corrected chi connectivity index (χ1v) is 11.0. The molecule has 11 heteroatoms. The summed E-state index contributed by atoms with van der Waals surface area (Å²) in [7, 11) is -3.97. The van der Waals surface area contributed by atoms with Crippen LogP contribution in [0.25, 0.3) is 11.0 Å². The fraction of sp³-hybridized carbons (Fsp3) is 0.235. The van der Waals surface area contributed by atoms with E-state index >= 15 is 0 Å². The zero-order valence-corrected chi connectivity index (χ0v) is 16.2. The molecule has 28 heavy (non-hydrogen) atoms. The molecule has 1 fully saturated rings. The van der Waals surface area contributed by atoms with Crippen LogP contribution in [0.2, 0.25) is 0 Å². The Labute approximate surface area is 164 Å². The highest BCUT2D eigenvalue weighted by atomic mass is 32.2. The molecular weight excluding hydrogens is 404 g/mol. The number of fused-ring (bicyclic) bond motifs is 1. The van der Waals surface area contributed by atoms with Crippen LogP contribution in [-0.4, -0.2) is 54.4 Å². The van der Waals surface area contributed by atoms with Gasteiger partial charge in [0, 0.05) is 30.3 Å². The fourth-order valence-electron chi connectivity index (χ4n) is 3.00. The molecule has 1 saturated heterocycles. The molecule has 2 aromatic carbocycles. The van der Waals surface area contributed by atoms with Crippen molar-refractivity contribution in [2.75, 3.05) is 34.2 Å². The zero-order chi connectivity index (χ0) is 19.7. The van der Waals surface area contributed by atoms with Gasteiger partial charge in [-0.25, -0.2) is 17.8 Å². The summed E-state index contributed by atoms with van der Waals surface area (Å²) in [5.74, 6) is 0.887. The molecule has 2 N–H and O–H groups in total. The lowest BCUT2D eigenvalue weighted by Gasteiger charge is -2.28. The van der Waals surface area contributed by atoms with E-state index in [4.69, 9.17) is 9.74 Å². The topological polar surface area (TPSA) is 126 Å². The number of sulfonamides is 1. The maximum absolute atomic E-state index is 12.9. The molecule has 0 bridgehead atoms. The van der Waals surface area contributed by atoms with Crippen molar-refractivity contribution in [3.05, 3.63) is 42.0 Å². The third-order valence-electron chi connectivity index (χ3n) is 4.38. The van der Waals surface area contributed by atoms with Crippen LogP contribution < -0.4 is 9.62 Å². The van der Waals surface area contributed by atoms with Crippen molar-refractivity contribution in [3.63, 3.8) is 0 Å². The van der Waals surface area contributed by atoms with Crippen molar-refractivity contribution in [2.24, 2.45) is 0 Å². The molecule has 0 amide bonds. The minimum Gasteiger partial charge on any atom is -0.478 e. The fourth-order valence-corrected chi connectivity index (χ4v) is 5.09. The molecule has 0 aliphatic carbocycles. The number of carboxylic acid groups (broad SMARTS) is 1. The van der Waals surface area contributed by atoms with Crippen molar-refractivity contribution < 1.29 is 22.9 Å². The highest BCUT2D eigenvalue weighted by Crippen LogP contribution is 2.31.